The third kappa shape index (κ3) is 6.15. The molecule has 1 aromatic heterocycles. The van der Waals surface area contributed by atoms with Crippen LogP contribution in [0, 0.1) is 31.1 Å². The van der Waals surface area contributed by atoms with Crippen molar-refractivity contribution in [2.75, 3.05) is 30.3 Å². The normalized spacial score (nSPS) is 19.3. The first-order valence-electron chi connectivity index (χ1n) is 13.1. The number of likely N-dealkylation sites (tertiary alicyclic amines) is 1. The van der Waals surface area contributed by atoms with Gasteiger partial charge in [0.2, 0.25) is 5.91 Å². The maximum atomic E-state index is 13.6. The molecule has 1 fully saturated rings. The van der Waals surface area contributed by atoms with Crippen molar-refractivity contribution in [2.45, 2.75) is 73.6 Å². The number of thiophene rings is 1. The molecule has 2 aliphatic rings. The van der Waals surface area contributed by atoms with Crippen LogP contribution in [0.1, 0.15) is 78.9 Å². The van der Waals surface area contributed by atoms with Crippen molar-refractivity contribution in [2.24, 2.45) is 17.3 Å². The number of carbonyl (C=O) groups excluding carboxylic acids is 2. The number of benzene rings is 1. The lowest BCUT2D eigenvalue weighted by molar-refractivity contribution is -0.117. The number of nitrogens with zero attached hydrogens (tertiary/aromatic N) is 1. The summed E-state index contributed by atoms with van der Waals surface area (Å²) in [7, 11) is 0. The highest BCUT2D eigenvalue weighted by Crippen LogP contribution is 2.44. The van der Waals surface area contributed by atoms with E-state index in [0.29, 0.717) is 23.0 Å². The van der Waals surface area contributed by atoms with Gasteiger partial charge in [-0.1, -0.05) is 45.4 Å². The molecule has 0 saturated carbocycles. The minimum absolute atomic E-state index is 0.0221. The largest absolute Gasteiger partial charge is 0.322 e. The van der Waals surface area contributed by atoms with Gasteiger partial charge < -0.3 is 10.6 Å². The Balaban J connectivity index is 1.58. The van der Waals surface area contributed by atoms with Gasteiger partial charge in [0, 0.05) is 10.6 Å². The van der Waals surface area contributed by atoms with Crippen molar-refractivity contribution >= 4 is 33.8 Å². The zero-order valence-electron chi connectivity index (χ0n) is 22.2. The van der Waals surface area contributed by atoms with Crippen LogP contribution in [0.25, 0.3) is 0 Å². The monoisotopic (exact) mass is 495 g/mol. The predicted molar refractivity (Wildman–Crippen MR) is 147 cm³/mol. The maximum Gasteiger partial charge on any atom is 0.258 e. The van der Waals surface area contributed by atoms with Crippen LogP contribution in [-0.4, -0.2) is 36.3 Å². The summed E-state index contributed by atoms with van der Waals surface area (Å²) in [5, 5.41) is 7.00. The van der Waals surface area contributed by atoms with Crippen molar-refractivity contribution in [3.63, 3.8) is 0 Å². The second-order valence-corrected chi connectivity index (χ2v) is 12.9. The van der Waals surface area contributed by atoms with Crippen molar-refractivity contribution < 1.29 is 9.59 Å². The van der Waals surface area contributed by atoms with Gasteiger partial charge in [0.15, 0.2) is 0 Å². The number of nitrogens with one attached hydrogen (secondary N) is 2. The first-order chi connectivity index (χ1) is 16.5. The lowest BCUT2D eigenvalue weighted by Crippen LogP contribution is -2.38. The average Bonchev–Trinajstić information content (AvgIpc) is 3.13. The molecule has 2 N–H and O–H groups in total. The van der Waals surface area contributed by atoms with Gasteiger partial charge in [-0.2, -0.15) is 0 Å². The molecule has 5 nitrogen and oxygen atoms in total. The van der Waals surface area contributed by atoms with Gasteiger partial charge in [0.1, 0.15) is 5.00 Å². The van der Waals surface area contributed by atoms with E-state index in [0.717, 1.165) is 67.9 Å². The molecule has 4 rings (SSSR count). The Kier molecular flexibility index (Phi) is 7.72. The molecule has 6 heteroatoms. The molecule has 1 aliphatic heterocycles. The fourth-order valence-electron chi connectivity index (χ4n) is 5.38. The van der Waals surface area contributed by atoms with Gasteiger partial charge >= 0.3 is 0 Å². The summed E-state index contributed by atoms with van der Waals surface area (Å²) in [6, 6.07) is 6.06. The SMILES string of the molecule is Cc1ccc(NC(=O)c2c(NC(=O)CN3CCC(C)CC3)sc3c2CC[C@H](C(C)(C)C)C3)c(C)c1. The van der Waals surface area contributed by atoms with Crippen LogP contribution in [0.4, 0.5) is 10.7 Å². The van der Waals surface area contributed by atoms with Crippen LogP contribution >= 0.6 is 11.3 Å². The second kappa shape index (κ2) is 10.4. The van der Waals surface area contributed by atoms with Crippen LogP contribution < -0.4 is 10.6 Å². The van der Waals surface area contributed by atoms with Crippen LogP contribution in [0.5, 0.6) is 0 Å². The number of fused-ring (bicyclic) bond motifs is 1. The molecule has 35 heavy (non-hydrogen) atoms. The zero-order valence-corrected chi connectivity index (χ0v) is 23.0. The lowest BCUT2D eigenvalue weighted by atomic mass is 9.72. The lowest BCUT2D eigenvalue weighted by Gasteiger charge is -2.33. The van der Waals surface area contributed by atoms with Crippen molar-refractivity contribution in [1.29, 1.82) is 0 Å². The molecule has 1 saturated heterocycles. The van der Waals surface area contributed by atoms with Gasteiger partial charge in [-0.15, -0.1) is 11.3 Å². The van der Waals surface area contributed by atoms with E-state index in [2.05, 4.69) is 56.2 Å². The highest BCUT2D eigenvalue weighted by molar-refractivity contribution is 7.17. The number of piperidine rings is 1. The Morgan fingerprint density at radius 2 is 1.80 bits per heavy atom. The Morgan fingerprint density at radius 1 is 1.09 bits per heavy atom. The zero-order chi connectivity index (χ0) is 25.3. The third-order valence-corrected chi connectivity index (χ3v) is 9.01. The Labute approximate surface area is 214 Å². The predicted octanol–water partition coefficient (Wildman–Crippen LogP) is 6.44. The summed E-state index contributed by atoms with van der Waals surface area (Å²) >= 11 is 1.61. The molecule has 190 valence electrons. The summed E-state index contributed by atoms with van der Waals surface area (Å²) in [6.45, 7) is 15.5. The van der Waals surface area contributed by atoms with Crippen molar-refractivity contribution in [3.05, 3.63) is 45.3 Å². The summed E-state index contributed by atoms with van der Waals surface area (Å²) in [4.78, 5) is 30.2. The molecule has 1 aliphatic carbocycles. The molecule has 0 spiro atoms. The molecule has 0 unspecified atom stereocenters. The first-order valence-corrected chi connectivity index (χ1v) is 13.9. The molecule has 0 radical (unpaired) electrons. The highest BCUT2D eigenvalue weighted by Gasteiger charge is 2.34. The number of rotatable bonds is 5. The third-order valence-electron chi connectivity index (χ3n) is 7.84. The fourth-order valence-corrected chi connectivity index (χ4v) is 6.72. The Hall–Kier alpha value is -2.18. The van der Waals surface area contributed by atoms with E-state index in [1.54, 1.807) is 11.3 Å². The summed E-state index contributed by atoms with van der Waals surface area (Å²) < 4.78 is 0. The molecule has 1 atom stereocenters. The molecule has 0 bridgehead atoms. The van der Waals surface area contributed by atoms with E-state index in [4.69, 9.17) is 0 Å². The fraction of sp³-hybridized carbons (Fsp3) is 0.586. The summed E-state index contributed by atoms with van der Waals surface area (Å²) in [6.07, 6.45) is 5.18. The summed E-state index contributed by atoms with van der Waals surface area (Å²) in [5.74, 6) is 1.16. The number of hydrogen-bond acceptors (Lipinski definition) is 4. The van der Waals surface area contributed by atoms with Gasteiger partial charge in [-0.05, 0) is 93.5 Å². The van der Waals surface area contributed by atoms with Crippen LogP contribution in [0.3, 0.4) is 0 Å². The quantitative estimate of drug-likeness (QED) is 0.502. The number of anilines is 2. The molecule has 2 heterocycles. The van der Waals surface area contributed by atoms with Crippen molar-refractivity contribution in [1.82, 2.24) is 4.90 Å². The average molecular weight is 496 g/mol. The number of carbonyl (C=O) groups is 2. The molecule has 2 aromatic rings. The first kappa shape index (κ1) is 25.9. The molecule has 2 amide bonds. The molecular formula is C29H41N3O2S. The van der Waals surface area contributed by atoms with Gasteiger partial charge in [0.25, 0.3) is 5.91 Å². The van der Waals surface area contributed by atoms with Crippen molar-refractivity contribution in [3.8, 4) is 0 Å². The van der Waals surface area contributed by atoms with Crippen LogP contribution in [-0.2, 0) is 17.6 Å². The van der Waals surface area contributed by atoms with Crippen LogP contribution in [0.15, 0.2) is 18.2 Å². The van der Waals surface area contributed by atoms with E-state index >= 15 is 0 Å². The van der Waals surface area contributed by atoms with Gasteiger partial charge in [-0.3, -0.25) is 14.5 Å². The Bertz CT molecular complexity index is 1090. The van der Waals surface area contributed by atoms with E-state index in [1.165, 1.54) is 10.4 Å². The highest BCUT2D eigenvalue weighted by atomic mass is 32.1. The number of aryl methyl sites for hydroxylation is 2. The minimum Gasteiger partial charge on any atom is -0.322 e. The molecular weight excluding hydrogens is 454 g/mol. The standard InChI is InChI=1S/C29H41N3O2S/c1-18-11-13-32(14-12-18)17-25(33)31-28-26(27(34)30-23-10-7-19(2)15-20(23)3)22-9-8-21(29(4,5)6)16-24(22)35-28/h7,10,15,18,21H,8-9,11-14,16-17H2,1-6H3,(H,30,34)(H,31,33)/t21-/m0/s1. The number of amides is 2. The van der Waals surface area contributed by atoms with E-state index in [1.807, 2.05) is 19.1 Å². The maximum absolute atomic E-state index is 13.6. The molecule has 1 aromatic carbocycles. The Morgan fingerprint density at radius 3 is 2.46 bits per heavy atom. The van der Waals surface area contributed by atoms with E-state index < -0.39 is 0 Å². The van der Waals surface area contributed by atoms with Gasteiger partial charge in [-0.25, -0.2) is 0 Å². The number of hydrogen-bond donors (Lipinski definition) is 2. The van der Waals surface area contributed by atoms with E-state index in [-0.39, 0.29) is 17.2 Å². The topological polar surface area (TPSA) is 61.4 Å². The second-order valence-electron chi connectivity index (χ2n) is 11.8. The van der Waals surface area contributed by atoms with Gasteiger partial charge in [0.05, 0.1) is 12.1 Å². The summed E-state index contributed by atoms with van der Waals surface area (Å²) in [5.41, 5.74) is 5.04. The smallest absolute Gasteiger partial charge is 0.258 e. The van der Waals surface area contributed by atoms with Crippen LogP contribution in [0.2, 0.25) is 0 Å². The van der Waals surface area contributed by atoms with E-state index in [9.17, 15) is 9.59 Å². The minimum atomic E-state index is -0.120.